The van der Waals surface area contributed by atoms with Crippen molar-refractivity contribution in [2.75, 3.05) is 5.43 Å². The number of hydrogen-bond donors (Lipinski definition) is 2. The van der Waals surface area contributed by atoms with Gasteiger partial charge in [-0.1, -0.05) is 29.8 Å². The van der Waals surface area contributed by atoms with Crippen molar-refractivity contribution in [3.05, 3.63) is 63.7 Å². The SMILES string of the molecule is Cc1cccc(/C=N/Nc2ccc(S(N)(=O)=O)cc2[N+](=O)[O-])c1. The fraction of sp³-hybridized carbons (Fsp3) is 0.0714. The van der Waals surface area contributed by atoms with Gasteiger partial charge in [-0.15, -0.1) is 0 Å². The molecule has 0 unspecified atom stereocenters. The number of nitrogens with zero attached hydrogens (tertiary/aromatic N) is 2. The first-order valence-electron chi connectivity index (χ1n) is 6.44. The molecule has 0 saturated carbocycles. The predicted octanol–water partition coefficient (Wildman–Crippen LogP) is 2.00. The topological polar surface area (TPSA) is 128 Å². The van der Waals surface area contributed by atoms with Gasteiger partial charge in [-0.05, 0) is 24.6 Å². The van der Waals surface area contributed by atoms with E-state index in [0.717, 1.165) is 17.2 Å². The number of nitro benzene ring substituents is 1. The van der Waals surface area contributed by atoms with E-state index < -0.39 is 20.6 Å². The molecule has 8 nitrogen and oxygen atoms in total. The molecule has 0 saturated heterocycles. The molecule has 2 aromatic rings. The smallest absolute Gasteiger partial charge is 0.272 e. The zero-order valence-corrected chi connectivity index (χ0v) is 12.9. The Bertz CT molecular complexity index is 878. The number of primary sulfonamides is 1. The summed E-state index contributed by atoms with van der Waals surface area (Å²) in [5.74, 6) is 0. The van der Waals surface area contributed by atoms with Gasteiger partial charge in [0.2, 0.25) is 10.0 Å². The van der Waals surface area contributed by atoms with E-state index in [1.54, 1.807) is 0 Å². The molecule has 0 spiro atoms. The number of nitro groups is 1. The summed E-state index contributed by atoms with van der Waals surface area (Å²) in [4.78, 5) is 10.0. The van der Waals surface area contributed by atoms with Crippen molar-refractivity contribution < 1.29 is 13.3 Å². The Morgan fingerprint density at radius 1 is 1.26 bits per heavy atom. The number of nitrogens with one attached hydrogen (secondary N) is 1. The van der Waals surface area contributed by atoms with Crippen molar-refractivity contribution in [3.63, 3.8) is 0 Å². The number of sulfonamides is 1. The standard InChI is InChI=1S/C14H14N4O4S/c1-10-3-2-4-11(7-10)9-16-17-13-6-5-12(23(15,21)22)8-14(13)18(19)20/h2-9,17H,1H3,(H2,15,21,22)/b16-9+. The molecule has 0 aromatic heterocycles. The number of hydrogen-bond acceptors (Lipinski definition) is 6. The quantitative estimate of drug-likeness (QED) is 0.491. The van der Waals surface area contributed by atoms with Gasteiger partial charge < -0.3 is 0 Å². The van der Waals surface area contributed by atoms with Crippen LogP contribution in [0.2, 0.25) is 0 Å². The minimum absolute atomic E-state index is 0.0614. The van der Waals surface area contributed by atoms with Gasteiger partial charge in [0.1, 0.15) is 5.69 Å². The average molecular weight is 334 g/mol. The largest absolute Gasteiger partial charge is 0.295 e. The third-order valence-electron chi connectivity index (χ3n) is 2.94. The summed E-state index contributed by atoms with van der Waals surface area (Å²) in [6, 6.07) is 10.8. The van der Waals surface area contributed by atoms with Gasteiger partial charge in [-0.2, -0.15) is 5.10 Å². The van der Waals surface area contributed by atoms with Crippen LogP contribution in [0.15, 0.2) is 52.5 Å². The number of anilines is 1. The Hall–Kier alpha value is -2.78. The molecular weight excluding hydrogens is 320 g/mol. The fourth-order valence-corrected chi connectivity index (χ4v) is 2.39. The monoisotopic (exact) mass is 334 g/mol. The van der Waals surface area contributed by atoms with Crippen molar-refractivity contribution in [1.29, 1.82) is 0 Å². The maximum Gasteiger partial charge on any atom is 0.295 e. The van der Waals surface area contributed by atoms with Crippen LogP contribution in [0.4, 0.5) is 11.4 Å². The van der Waals surface area contributed by atoms with Crippen molar-refractivity contribution in [3.8, 4) is 0 Å². The average Bonchev–Trinajstić information content (AvgIpc) is 2.46. The molecule has 0 heterocycles. The summed E-state index contributed by atoms with van der Waals surface area (Å²) in [6.45, 7) is 1.93. The summed E-state index contributed by atoms with van der Waals surface area (Å²) >= 11 is 0. The lowest BCUT2D eigenvalue weighted by atomic mass is 10.2. The van der Waals surface area contributed by atoms with E-state index in [2.05, 4.69) is 10.5 Å². The van der Waals surface area contributed by atoms with Crippen LogP contribution in [0.25, 0.3) is 0 Å². The number of rotatable bonds is 5. The molecule has 0 fully saturated rings. The predicted molar refractivity (Wildman–Crippen MR) is 86.9 cm³/mol. The maximum absolute atomic E-state index is 11.3. The minimum atomic E-state index is -4.01. The molecule has 0 aliphatic heterocycles. The van der Waals surface area contributed by atoms with Gasteiger partial charge in [0.15, 0.2) is 0 Å². The summed E-state index contributed by atoms with van der Waals surface area (Å²) in [7, 11) is -4.01. The highest BCUT2D eigenvalue weighted by atomic mass is 32.2. The molecule has 0 atom stereocenters. The van der Waals surface area contributed by atoms with Crippen molar-refractivity contribution >= 4 is 27.6 Å². The van der Waals surface area contributed by atoms with Crippen LogP contribution < -0.4 is 10.6 Å². The minimum Gasteiger partial charge on any atom is -0.272 e. The maximum atomic E-state index is 11.3. The van der Waals surface area contributed by atoms with Crippen LogP contribution >= 0.6 is 0 Å². The number of hydrazone groups is 1. The summed E-state index contributed by atoms with van der Waals surface area (Å²) in [6.07, 6.45) is 1.50. The highest BCUT2D eigenvalue weighted by Crippen LogP contribution is 2.27. The van der Waals surface area contributed by atoms with Gasteiger partial charge in [0.25, 0.3) is 5.69 Å². The zero-order chi connectivity index (χ0) is 17.0. The second kappa shape index (κ2) is 6.55. The van der Waals surface area contributed by atoms with Crippen LogP contribution in [0.1, 0.15) is 11.1 Å². The molecule has 3 N–H and O–H groups in total. The highest BCUT2D eigenvalue weighted by Gasteiger charge is 2.18. The van der Waals surface area contributed by atoms with E-state index in [-0.39, 0.29) is 10.6 Å². The molecule has 0 aliphatic carbocycles. The van der Waals surface area contributed by atoms with Crippen LogP contribution in [0, 0.1) is 17.0 Å². The molecule has 2 rings (SSSR count). The van der Waals surface area contributed by atoms with E-state index in [4.69, 9.17) is 5.14 Å². The summed E-state index contributed by atoms with van der Waals surface area (Å²) in [5.41, 5.74) is 4.04. The number of benzene rings is 2. The zero-order valence-electron chi connectivity index (χ0n) is 12.1. The lowest BCUT2D eigenvalue weighted by Gasteiger charge is -2.04. The number of nitrogens with two attached hydrogens (primary N) is 1. The van der Waals surface area contributed by atoms with Crippen molar-refractivity contribution in [1.82, 2.24) is 0 Å². The van der Waals surface area contributed by atoms with Gasteiger partial charge in [-0.25, -0.2) is 13.6 Å². The Kier molecular flexibility index (Phi) is 4.72. The molecular formula is C14H14N4O4S. The Morgan fingerprint density at radius 2 is 2.00 bits per heavy atom. The second-order valence-electron chi connectivity index (χ2n) is 4.77. The Labute approximate surface area is 132 Å². The second-order valence-corrected chi connectivity index (χ2v) is 6.33. The first-order valence-corrected chi connectivity index (χ1v) is 7.99. The van der Waals surface area contributed by atoms with Crippen LogP contribution in [0.5, 0.6) is 0 Å². The third kappa shape index (κ3) is 4.34. The molecule has 0 aliphatic rings. The highest BCUT2D eigenvalue weighted by molar-refractivity contribution is 7.89. The first-order chi connectivity index (χ1) is 10.8. The Morgan fingerprint density at radius 3 is 2.61 bits per heavy atom. The van der Waals surface area contributed by atoms with Gasteiger partial charge in [0, 0.05) is 6.07 Å². The lowest BCUT2D eigenvalue weighted by Crippen LogP contribution is -2.12. The van der Waals surface area contributed by atoms with E-state index >= 15 is 0 Å². The first kappa shape index (κ1) is 16.6. The Balaban J connectivity index is 2.27. The van der Waals surface area contributed by atoms with E-state index in [1.165, 1.54) is 18.3 Å². The molecule has 0 amide bonds. The molecule has 23 heavy (non-hydrogen) atoms. The molecule has 2 aromatic carbocycles. The summed E-state index contributed by atoms with van der Waals surface area (Å²) in [5, 5.41) is 20.0. The molecule has 9 heteroatoms. The summed E-state index contributed by atoms with van der Waals surface area (Å²) < 4.78 is 22.5. The lowest BCUT2D eigenvalue weighted by molar-refractivity contribution is -0.384. The van der Waals surface area contributed by atoms with Crippen molar-refractivity contribution in [2.45, 2.75) is 11.8 Å². The molecule has 0 radical (unpaired) electrons. The normalized spacial score (nSPS) is 11.6. The van der Waals surface area contributed by atoms with Crippen LogP contribution in [0.3, 0.4) is 0 Å². The van der Waals surface area contributed by atoms with E-state index in [0.29, 0.717) is 0 Å². The van der Waals surface area contributed by atoms with Gasteiger partial charge in [0.05, 0.1) is 16.0 Å². The van der Waals surface area contributed by atoms with Crippen molar-refractivity contribution in [2.24, 2.45) is 10.2 Å². The fourth-order valence-electron chi connectivity index (χ4n) is 1.86. The van der Waals surface area contributed by atoms with Crippen LogP contribution in [-0.4, -0.2) is 19.6 Å². The molecule has 0 bridgehead atoms. The number of aryl methyl sites for hydroxylation is 1. The third-order valence-corrected chi connectivity index (χ3v) is 3.85. The van der Waals surface area contributed by atoms with Gasteiger partial charge in [-0.3, -0.25) is 15.5 Å². The van der Waals surface area contributed by atoms with E-state index in [1.807, 2.05) is 31.2 Å². The molecule has 120 valence electrons. The van der Waals surface area contributed by atoms with E-state index in [9.17, 15) is 18.5 Å². The van der Waals surface area contributed by atoms with Crippen LogP contribution in [-0.2, 0) is 10.0 Å². The van der Waals surface area contributed by atoms with Gasteiger partial charge >= 0.3 is 0 Å².